The van der Waals surface area contributed by atoms with Crippen molar-refractivity contribution in [3.05, 3.63) is 35.4 Å². The third kappa shape index (κ3) is 1.45. The zero-order valence-electron chi connectivity index (χ0n) is 8.48. The molecule has 2 aromatic carbocycles. The lowest BCUT2D eigenvalue weighted by Gasteiger charge is -2.21. The lowest BCUT2D eigenvalue weighted by molar-refractivity contribution is 0.346. The first-order chi connectivity index (χ1) is 8.16. The summed E-state index contributed by atoms with van der Waals surface area (Å²) in [7, 11) is 0. The second-order valence-electron chi connectivity index (χ2n) is 3.54. The molecule has 0 amide bonds. The molecule has 5 heteroatoms. The van der Waals surface area contributed by atoms with Gasteiger partial charge in [0.25, 0.3) is 0 Å². The van der Waals surface area contributed by atoms with Crippen LogP contribution in [0.1, 0.15) is 0 Å². The number of phenols is 2. The van der Waals surface area contributed by atoms with Crippen molar-refractivity contribution in [2.24, 2.45) is 0 Å². The number of phenolic OH excluding ortho intramolecular Hbond substituents is 2. The normalized spacial score (nSPS) is 12.1. The summed E-state index contributed by atoms with van der Waals surface area (Å²) in [6.45, 7) is 0. The maximum Gasteiger partial charge on any atom is 0.192 e. The monoisotopic (exact) mass is 250 g/mol. The van der Waals surface area contributed by atoms with Gasteiger partial charge in [-0.05, 0) is 12.1 Å². The van der Waals surface area contributed by atoms with E-state index in [0.717, 1.165) is 0 Å². The summed E-state index contributed by atoms with van der Waals surface area (Å²) in [6, 6.07) is 8.30. The minimum atomic E-state index is -0.423. The third-order valence-electron chi connectivity index (χ3n) is 2.42. The minimum Gasteiger partial charge on any atom is -0.504 e. The number of fused-ring (bicyclic) bond motifs is 2. The van der Waals surface area contributed by atoms with Gasteiger partial charge in [0.05, 0.1) is 0 Å². The zero-order valence-corrected chi connectivity index (χ0v) is 9.23. The van der Waals surface area contributed by atoms with E-state index in [9.17, 15) is 10.2 Å². The number of para-hydroxylation sites is 2. The molecule has 0 fully saturated rings. The number of aromatic hydroxyl groups is 2. The Hall–Kier alpha value is -2.07. The van der Waals surface area contributed by atoms with Gasteiger partial charge in [-0.2, -0.15) is 0 Å². The number of hydrogen-bond acceptors (Lipinski definition) is 4. The Labute approximate surface area is 102 Å². The maximum absolute atomic E-state index is 9.49. The van der Waals surface area contributed by atoms with Gasteiger partial charge in [-0.1, -0.05) is 23.7 Å². The quantitative estimate of drug-likeness (QED) is 0.598. The lowest BCUT2D eigenvalue weighted by atomic mass is 10.2. The summed E-state index contributed by atoms with van der Waals surface area (Å²) in [6.07, 6.45) is 0. The van der Waals surface area contributed by atoms with Crippen LogP contribution in [0.25, 0.3) is 0 Å². The van der Waals surface area contributed by atoms with Gasteiger partial charge in [-0.15, -0.1) is 0 Å². The highest BCUT2D eigenvalue weighted by atomic mass is 35.5. The Morgan fingerprint density at radius 2 is 1.59 bits per heavy atom. The molecule has 17 heavy (non-hydrogen) atoms. The first kappa shape index (κ1) is 10.1. The highest BCUT2D eigenvalue weighted by Gasteiger charge is 2.25. The Morgan fingerprint density at radius 1 is 0.941 bits per heavy atom. The summed E-state index contributed by atoms with van der Waals surface area (Å²) in [5.74, 6) is 0.725. The van der Waals surface area contributed by atoms with Crippen molar-refractivity contribution >= 4 is 11.6 Å². The van der Waals surface area contributed by atoms with Gasteiger partial charge in [0.15, 0.2) is 34.5 Å². The molecule has 0 radical (unpaired) electrons. The molecule has 0 bridgehead atoms. The highest BCUT2D eigenvalue weighted by Crippen LogP contribution is 2.53. The largest absolute Gasteiger partial charge is 0.504 e. The van der Waals surface area contributed by atoms with Gasteiger partial charge < -0.3 is 19.7 Å². The van der Waals surface area contributed by atoms with E-state index in [0.29, 0.717) is 11.5 Å². The molecule has 3 rings (SSSR count). The summed E-state index contributed by atoms with van der Waals surface area (Å²) in [4.78, 5) is 0. The van der Waals surface area contributed by atoms with Crippen molar-refractivity contribution < 1.29 is 19.7 Å². The van der Waals surface area contributed by atoms with E-state index in [2.05, 4.69) is 0 Å². The number of benzene rings is 2. The fourth-order valence-electron chi connectivity index (χ4n) is 1.60. The predicted molar refractivity (Wildman–Crippen MR) is 61.4 cm³/mol. The summed E-state index contributed by atoms with van der Waals surface area (Å²) in [5, 5.41) is 18.9. The Balaban J connectivity index is 2.18. The number of rotatable bonds is 0. The standard InChI is InChI=1S/C12H7ClO4/c13-10-11(15)6(14)5-9-12(10)17-8-4-2-1-3-7(8)16-9/h1-5,14-15H. The van der Waals surface area contributed by atoms with Crippen LogP contribution in [0.3, 0.4) is 0 Å². The van der Waals surface area contributed by atoms with Crippen molar-refractivity contribution in [2.45, 2.75) is 0 Å². The summed E-state index contributed by atoms with van der Waals surface area (Å²) >= 11 is 5.87. The highest BCUT2D eigenvalue weighted by molar-refractivity contribution is 6.34. The van der Waals surface area contributed by atoms with Gasteiger partial charge >= 0.3 is 0 Å². The van der Waals surface area contributed by atoms with Crippen LogP contribution >= 0.6 is 11.6 Å². The minimum absolute atomic E-state index is 0.0745. The molecule has 1 aliphatic rings. The number of ether oxygens (including phenoxy) is 2. The zero-order chi connectivity index (χ0) is 12.0. The molecule has 1 aliphatic heterocycles. The Kier molecular flexibility index (Phi) is 2.06. The summed E-state index contributed by atoms with van der Waals surface area (Å²) in [5.41, 5.74) is 0. The fraction of sp³-hybridized carbons (Fsp3) is 0. The van der Waals surface area contributed by atoms with Crippen molar-refractivity contribution in [1.82, 2.24) is 0 Å². The van der Waals surface area contributed by atoms with Gasteiger partial charge in [0.1, 0.15) is 5.02 Å². The first-order valence-corrected chi connectivity index (χ1v) is 5.24. The van der Waals surface area contributed by atoms with Crippen molar-refractivity contribution in [3.8, 4) is 34.5 Å². The molecule has 0 saturated carbocycles. The fourth-order valence-corrected chi connectivity index (χ4v) is 1.83. The SMILES string of the molecule is Oc1cc2c(c(Cl)c1O)Oc1ccccc1O2. The predicted octanol–water partition coefficient (Wildman–Crippen LogP) is 3.65. The molecule has 1 heterocycles. The smallest absolute Gasteiger partial charge is 0.192 e. The molecule has 2 aromatic rings. The van der Waals surface area contributed by atoms with Gasteiger partial charge in [0, 0.05) is 6.07 Å². The Bertz CT molecular complexity index is 610. The van der Waals surface area contributed by atoms with Crippen LogP contribution in [0.4, 0.5) is 0 Å². The second-order valence-corrected chi connectivity index (χ2v) is 3.91. The molecular formula is C12H7ClO4. The molecule has 2 N–H and O–H groups in total. The lowest BCUT2D eigenvalue weighted by Crippen LogP contribution is -1.99. The molecule has 0 saturated heterocycles. The van der Waals surface area contributed by atoms with Crippen LogP contribution in [0, 0.1) is 0 Å². The molecule has 0 atom stereocenters. The first-order valence-electron chi connectivity index (χ1n) is 4.86. The van der Waals surface area contributed by atoms with E-state index in [1.807, 2.05) is 0 Å². The number of hydrogen-bond donors (Lipinski definition) is 2. The van der Waals surface area contributed by atoms with E-state index >= 15 is 0 Å². The van der Waals surface area contributed by atoms with Crippen LogP contribution in [0.15, 0.2) is 30.3 Å². The molecule has 0 aromatic heterocycles. The Morgan fingerprint density at radius 3 is 2.29 bits per heavy atom. The topological polar surface area (TPSA) is 58.9 Å². The van der Waals surface area contributed by atoms with Crippen LogP contribution in [0.2, 0.25) is 5.02 Å². The molecular weight excluding hydrogens is 244 g/mol. The molecule has 4 nitrogen and oxygen atoms in total. The van der Waals surface area contributed by atoms with Crippen molar-refractivity contribution in [1.29, 1.82) is 0 Å². The molecule has 86 valence electrons. The third-order valence-corrected chi connectivity index (χ3v) is 2.77. The summed E-state index contributed by atoms with van der Waals surface area (Å²) < 4.78 is 11.0. The van der Waals surface area contributed by atoms with Crippen LogP contribution in [-0.2, 0) is 0 Å². The average Bonchev–Trinajstić information content (AvgIpc) is 2.34. The van der Waals surface area contributed by atoms with E-state index in [1.165, 1.54) is 6.07 Å². The second kappa shape index (κ2) is 3.46. The maximum atomic E-state index is 9.49. The van der Waals surface area contributed by atoms with E-state index in [-0.39, 0.29) is 22.3 Å². The van der Waals surface area contributed by atoms with Crippen LogP contribution < -0.4 is 9.47 Å². The number of halogens is 1. The van der Waals surface area contributed by atoms with E-state index in [4.69, 9.17) is 21.1 Å². The van der Waals surface area contributed by atoms with Crippen molar-refractivity contribution in [3.63, 3.8) is 0 Å². The van der Waals surface area contributed by atoms with Gasteiger partial charge in [-0.25, -0.2) is 0 Å². The molecule has 0 spiro atoms. The van der Waals surface area contributed by atoms with Gasteiger partial charge in [0.2, 0.25) is 0 Å². The van der Waals surface area contributed by atoms with Crippen molar-refractivity contribution in [2.75, 3.05) is 0 Å². The van der Waals surface area contributed by atoms with Gasteiger partial charge in [-0.3, -0.25) is 0 Å². The van der Waals surface area contributed by atoms with Crippen LogP contribution in [-0.4, -0.2) is 10.2 Å². The average molecular weight is 251 g/mol. The van der Waals surface area contributed by atoms with E-state index in [1.54, 1.807) is 24.3 Å². The molecule has 0 unspecified atom stereocenters. The van der Waals surface area contributed by atoms with E-state index < -0.39 is 5.75 Å². The van der Waals surface area contributed by atoms with Crippen LogP contribution in [0.5, 0.6) is 34.5 Å². The molecule has 0 aliphatic carbocycles.